The van der Waals surface area contributed by atoms with Crippen LogP contribution in [-0.2, 0) is 0 Å². The van der Waals surface area contributed by atoms with Crippen molar-refractivity contribution in [3.8, 4) is 0 Å². The molecule has 0 saturated carbocycles. The Labute approximate surface area is 100 Å². The monoisotopic (exact) mass is 225 g/mol. The fourth-order valence-corrected chi connectivity index (χ4v) is 3.10. The van der Waals surface area contributed by atoms with Gasteiger partial charge in [0.25, 0.3) is 0 Å². The van der Waals surface area contributed by atoms with Gasteiger partial charge in [0.05, 0.1) is 0 Å². The first kappa shape index (κ1) is 12.3. The van der Waals surface area contributed by atoms with Crippen molar-refractivity contribution in [1.29, 1.82) is 0 Å². The molecule has 0 aromatic heterocycles. The smallest absolute Gasteiger partial charge is 0.0218 e. The summed E-state index contributed by atoms with van der Waals surface area (Å²) in [6.45, 7) is 8.72. The highest BCUT2D eigenvalue weighted by Crippen LogP contribution is 2.20. The number of nitrogens with zero attached hydrogens (tertiary/aromatic N) is 3. The van der Waals surface area contributed by atoms with Gasteiger partial charge in [-0.15, -0.1) is 0 Å². The molecule has 16 heavy (non-hydrogen) atoms. The van der Waals surface area contributed by atoms with Gasteiger partial charge in [-0.2, -0.15) is 0 Å². The van der Waals surface area contributed by atoms with E-state index in [-0.39, 0.29) is 0 Å². The van der Waals surface area contributed by atoms with E-state index in [2.05, 4.69) is 35.7 Å². The Kier molecular flexibility index (Phi) is 4.22. The Hall–Kier alpha value is -0.120. The van der Waals surface area contributed by atoms with Gasteiger partial charge in [0.2, 0.25) is 0 Å². The third-order valence-corrected chi connectivity index (χ3v) is 4.48. The summed E-state index contributed by atoms with van der Waals surface area (Å²) in [5.74, 6) is 0. The van der Waals surface area contributed by atoms with Crippen molar-refractivity contribution < 1.29 is 0 Å². The fraction of sp³-hybridized carbons (Fsp3) is 1.00. The van der Waals surface area contributed by atoms with Crippen molar-refractivity contribution in [1.82, 2.24) is 14.7 Å². The van der Waals surface area contributed by atoms with E-state index in [1.165, 1.54) is 52.0 Å². The van der Waals surface area contributed by atoms with Gasteiger partial charge in [0.15, 0.2) is 0 Å². The van der Waals surface area contributed by atoms with Crippen LogP contribution in [0, 0.1) is 0 Å². The molecule has 0 aromatic carbocycles. The van der Waals surface area contributed by atoms with Crippen LogP contribution in [0.5, 0.6) is 0 Å². The maximum atomic E-state index is 2.75. The summed E-state index contributed by atoms with van der Waals surface area (Å²) >= 11 is 0. The van der Waals surface area contributed by atoms with Crippen LogP contribution in [0.2, 0.25) is 0 Å². The van der Waals surface area contributed by atoms with Gasteiger partial charge in [-0.3, -0.25) is 4.90 Å². The minimum absolute atomic E-state index is 0.786. The minimum Gasteiger partial charge on any atom is -0.306 e. The Morgan fingerprint density at radius 2 is 1.69 bits per heavy atom. The predicted molar refractivity (Wildman–Crippen MR) is 68.8 cm³/mol. The Bertz CT molecular complexity index is 211. The molecule has 0 aliphatic carbocycles. The fourth-order valence-electron chi connectivity index (χ4n) is 3.10. The van der Waals surface area contributed by atoms with Crippen LogP contribution in [0.15, 0.2) is 0 Å². The summed E-state index contributed by atoms with van der Waals surface area (Å²) < 4.78 is 0. The summed E-state index contributed by atoms with van der Waals surface area (Å²) in [6.07, 6.45) is 4.03. The van der Waals surface area contributed by atoms with Crippen molar-refractivity contribution in [3.63, 3.8) is 0 Å². The van der Waals surface area contributed by atoms with Gasteiger partial charge in [-0.05, 0) is 46.4 Å². The molecule has 1 atom stereocenters. The van der Waals surface area contributed by atoms with E-state index in [4.69, 9.17) is 0 Å². The van der Waals surface area contributed by atoms with Gasteiger partial charge in [0, 0.05) is 31.7 Å². The quantitative estimate of drug-likeness (QED) is 0.697. The lowest BCUT2D eigenvalue weighted by Crippen LogP contribution is -2.56. The second-order valence-electron chi connectivity index (χ2n) is 5.57. The molecule has 0 spiro atoms. The third kappa shape index (κ3) is 2.76. The van der Waals surface area contributed by atoms with Gasteiger partial charge in [0.1, 0.15) is 0 Å². The van der Waals surface area contributed by atoms with E-state index < -0.39 is 0 Å². The van der Waals surface area contributed by atoms with Crippen LogP contribution in [-0.4, -0.2) is 73.6 Å². The molecule has 2 aliphatic heterocycles. The van der Waals surface area contributed by atoms with Crippen molar-refractivity contribution in [2.24, 2.45) is 0 Å². The highest BCUT2D eigenvalue weighted by atomic mass is 15.3. The predicted octanol–water partition coefficient (Wildman–Crippen LogP) is 1.11. The number of piperidine rings is 1. The number of rotatable bonds is 2. The lowest BCUT2D eigenvalue weighted by atomic mass is 10.0. The molecule has 0 radical (unpaired) electrons. The molecular formula is C13H27N3. The maximum absolute atomic E-state index is 2.75. The van der Waals surface area contributed by atoms with E-state index in [0.717, 1.165) is 12.1 Å². The maximum Gasteiger partial charge on any atom is 0.0218 e. The second kappa shape index (κ2) is 5.48. The minimum atomic E-state index is 0.786. The van der Waals surface area contributed by atoms with Crippen molar-refractivity contribution >= 4 is 0 Å². The standard InChI is InChI=1S/C13H27N3/c1-4-12-11-16(10-9-15(12)3)13-5-7-14(2)8-6-13/h12-13H,4-11H2,1-3H3. The van der Waals surface area contributed by atoms with E-state index >= 15 is 0 Å². The molecule has 2 aliphatic rings. The first-order chi connectivity index (χ1) is 7.70. The second-order valence-corrected chi connectivity index (χ2v) is 5.57. The number of hydrogen-bond donors (Lipinski definition) is 0. The molecule has 2 fully saturated rings. The van der Waals surface area contributed by atoms with E-state index in [1.807, 2.05) is 0 Å². The first-order valence-electron chi connectivity index (χ1n) is 6.83. The van der Waals surface area contributed by atoms with E-state index in [1.54, 1.807) is 0 Å². The van der Waals surface area contributed by atoms with Crippen molar-refractivity contribution in [3.05, 3.63) is 0 Å². The Morgan fingerprint density at radius 3 is 2.31 bits per heavy atom. The molecule has 2 rings (SSSR count). The highest BCUT2D eigenvalue weighted by Gasteiger charge is 2.29. The molecule has 0 bridgehead atoms. The molecular weight excluding hydrogens is 198 g/mol. The largest absolute Gasteiger partial charge is 0.306 e. The summed E-state index contributed by atoms with van der Waals surface area (Å²) in [6, 6.07) is 1.65. The molecule has 0 amide bonds. The van der Waals surface area contributed by atoms with E-state index in [0.29, 0.717) is 0 Å². The molecule has 2 saturated heterocycles. The average molecular weight is 225 g/mol. The number of piperazine rings is 1. The molecule has 1 unspecified atom stereocenters. The summed E-state index contributed by atoms with van der Waals surface area (Å²) in [5.41, 5.74) is 0. The average Bonchev–Trinajstić information content (AvgIpc) is 2.31. The van der Waals surface area contributed by atoms with Crippen LogP contribution < -0.4 is 0 Å². The first-order valence-corrected chi connectivity index (χ1v) is 6.83. The third-order valence-electron chi connectivity index (χ3n) is 4.48. The molecule has 3 nitrogen and oxygen atoms in total. The SMILES string of the molecule is CCC1CN(C2CCN(C)CC2)CCN1C. The summed E-state index contributed by atoms with van der Waals surface area (Å²) in [4.78, 5) is 7.75. The summed E-state index contributed by atoms with van der Waals surface area (Å²) in [5, 5.41) is 0. The Morgan fingerprint density at radius 1 is 1.00 bits per heavy atom. The molecule has 0 aromatic rings. The normalized spacial score (nSPS) is 32.1. The van der Waals surface area contributed by atoms with Crippen LogP contribution in [0.3, 0.4) is 0 Å². The zero-order chi connectivity index (χ0) is 11.5. The van der Waals surface area contributed by atoms with Crippen molar-refractivity contribution in [2.75, 3.05) is 46.8 Å². The molecule has 94 valence electrons. The lowest BCUT2D eigenvalue weighted by Gasteiger charge is -2.45. The van der Waals surface area contributed by atoms with Gasteiger partial charge < -0.3 is 9.80 Å². The summed E-state index contributed by atoms with van der Waals surface area (Å²) in [7, 11) is 4.52. The van der Waals surface area contributed by atoms with Gasteiger partial charge in [-0.1, -0.05) is 6.92 Å². The topological polar surface area (TPSA) is 9.72 Å². The zero-order valence-electron chi connectivity index (χ0n) is 11.2. The Balaban J connectivity index is 1.85. The highest BCUT2D eigenvalue weighted by molar-refractivity contribution is 4.86. The zero-order valence-corrected chi connectivity index (χ0v) is 11.2. The van der Waals surface area contributed by atoms with Gasteiger partial charge >= 0.3 is 0 Å². The molecule has 0 N–H and O–H groups in total. The number of likely N-dealkylation sites (N-methyl/N-ethyl adjacent to an activating group) is 1. The van der Waals surface area contributed by atoms with Gasteiger partial charge in [-0.25, -0.2) is 0 Å². The lowest BCUT2D eigenvalue weighted by molar-refractivity contribution is 0.0392. The van der Waals surface area contributed by atoms with E-state index in [9.17, 15) is 0 Å². The van der Waals surface area contributed by atoms with Crippen LogP contribution in [0.4, 0.5) is 0 Å². The number of hydrogen-bond acceptors (Lipinski definition) is 3. The number of likely N-dealkylation sites (tertiary alicyclic amines) is 1. The van der Waals surface area contributed by atoms with Crippen LogP contribution >= 0.6 is 0 Å². The van der Waals surface area contributed by atoms with Crippen LogP contribution in [0.25, 0.3) is 0 Å². The molecule has 3 heteroatoms. The van der Waals surface area contributed by atoms with Crippen LogP contribution in [0.1, 0.15) is 26.2 Å². The molecule has 2 heterocycles. The van der Waals surface area contributed by atoms with Crippen molar-refractivity contribution in [2.45, 2.75) is 38.3 Å².